The molecule has 0 bridgehead atoms. The smallest absolute Gasteiger partial charge is 0.220 e. The summed E-state index contributed by atoms with van der Waals surface area (Å²) in [5, 5.41) is 13.8. The first kappa shape index (κ1) is 12.7. The molecule has 0 saturated carbocycles. The summed E-state index contributed by atoms with van der Waals surface area (Å²) >= 11 is 0. The maximum atomic E-state index is 12.0. The van der Waals surface area contributed by atoms with E-state index >= 15 is 0 Å². The minimum absolute atomic E-state index is 0.0774. The zero-order valence-electron chi connectivity index (χ0n) is 11.1. The Labute approximate surface area is 117 Å². The van der Waals surface area contributed by atoms with Gasteiger partial charge in [-0.2, -0.15) is 0 Å². The Morgan fingerprint density at radius 2 is 2.35 bits per heavy atom. The highest BCUT2D eigenvalue weighted by atomic mass is 16.1. The molecule has 1 aromatic heterocycles. The van der Waals surface area contributed by atoms with Crippen molar-refractivity contribution in [1.29, 1.82) is 0 Å². The average molecular weight is 271 g/mol. The second-order valence-electron chi connectivity index (χ2n) is 4.89. The van der Waals surface area contributed by atoms with Gasteiger partial charge in [0.2, 0.25) is 5.91 Å². The van der Waals surface area contributed by atoms with Crippen molar-refractivity contribution >= 4 is 11.6 Å². The fraction of sp³-hybridized carbons (Fsp3) is 0.357. The minimum Gasteiger partial charge on any atom is -0.384 e. The average Bonchev–Trinajstić information content (AvgIpc) is 3.09. The third kappa shape index (κ3) is 2.79. The topological polar surface area (TPSA) is 71.8 Å². The van der Waals surface area contributed by atoms with Gasteiger partial charge < -0.3 is 10.6 Å². The molecule has 0 saturated heterocycles. The van der Waals surface area contributed by atoms with E-state index in [9.17, 15) is 4.79 Å². The van der Waals surface area contributed by atoms with E-state index in [0.29, 0.717) is 19.5 Å². The molecule has 1 amide bonds. The zero-order chi connectivity index (χ0) is 13.8. The molecule has 1 aliphatic heterocycles. The minimum atomic E-state index is 0.0774. The fourth-order valence-electron chi connectivity index (χ4n) is 2.50. The molecule has 2 aromatic rings. The largest absolute Gasteiger partial charge is 0.384 e. The van der Waals surface area contributed by atoms with Gasteiger partial charge in [0.1, 0.15) is 0 Å². The fourth-order valence-corrected chi connectivity index (χ4v) is 2.50. The first-order valence-electron chi connectivity index (χ1n) is 6.76. The van der Waals surface area contributed by atoms with Gasteiger partial charge in [-0.1, -0.05) is 23.4 Å². The number of nitrogens with one attached hydrogen (secondary N) is 2. The molecule has 1 atom stereocenters. The molecule has 20 heavy (non-hydrogen) atoms. The van der Waals surface area contributed by atoms with Crippen LogP contribution in [-0.4, -0.2) is 34.0 Å². The van der Waals surface area contributed by atoms with Crippen LogP contribution in [0.2, 0.25) is 0 Å². The highest BCUT2D eigenvalue weighted by Gasteiger charge is 2.23. The summed E-state index contributed by atoms with van der Waals surface area (Å²) in [7, 11) is 0. The van der Waals surface area contributed by atoms with E-state index < -0.39 is 0 Å². The van der Waals surface area contributed by atoms with Crippen LogP contribution < -0.4 is 10.6 Å². The van der Waals surface area contributed by atoms with E-state index in [1.807, 2.05) is 12.1 Å². The Hall–Kier alpha value is -2.37. The van der Waals surface area contributed by atoms with Crippen LogP contribution >= 0.6 is 0 Å². The molecule has 2 heterocycles. The van der Waals surface area contributed by atoms with Crippen LogP contribution in [-0.2, 0) is 11.3 Å². The van der Waals surface area contributed by atoms with Gasteiger partial charge in [-0.15, -0.1) is 5.10 Å². The third-order valence-corrected chi connectivity index (χ3v) is 3.51. The molecule has 0 fully saturated rings. The first-order valence-corrected chi connectivity index (χ1v) is 6.76. The summed E-state index contributed by atoms with van der Waals surface area (Å²) in [6.45, 7) is 2.05. The number of amides is 1. The molecule has 0 aliphatic carbocycles. The van der Waals surface area contributed by atoms with Gasteiger partial charge in [0.25, 0.3) is 0 Å². The molecule has 1 unspecified atom stereocenters. The molecule has 0 spiro atoms. The van der Waals surface area contributed by atoms with Crippen LogP contribution in [0.1, 0.15) is 17.9 Å². The van der Waals surface area contributed by atoms with Gasteiger partial charge in [0.15, 0.2) is 0 Å². The van der Waals surface area contributed by atoms with Crippen LogP contribution in [0.4, 0.5) is 5.69 Å². The molecule has 1 aliphatic rings. The Morgan fingerprint density at radius 3 is 3.20 bits per heavy atom. The quantitative estimate of drug-likeness (QED) is 0.851. The molecule has 6 heteroatoms. The number of para-hydroxylation sites is 1. The molecule has 3 rings (SSSR count). The second-order valence-corrected chi connectivity index (χ2v) is 4.89. The normalized spacial score (nSPS) is 16.5. The van der Waals surface area contributed by atoms with Crippen molar-refractivity contribution in [2.45, 2.75) is 18.9 Å². The van der Waals surface area contributed by atoms with E-state index in [1.54, 1.807) is 17.1 Å². The summed E-state index contributed by atoms with van der Waals surface area (Å²) in [4.78, 5) is 12.0. The van der Waals surface area contributed by atoms with E-state index in [-0.39, 0.29) is 11.8 Å². The Balaban J connectivity index is 1.48. The number of carbonyl (C=O) groups is 1. The van der Waals surface area contributed by atoms with Crippen molar-refractivity contribution in [3.8, 4) is 0 Å². The number of nitrogens with zero attached hydrogens (tertiary/aromatic N) is 3. The van der Waals surface area contributed by atoms with Crippen LogP contribution in [0.3, 0.4) is 0 Å². The molecular weight excluding hydrogens is 254 g/mol. The van der Waals surface area contributed by atoms with Gasteiger partial charge in [-0.05, 0) is 11.6 Å². The number of hydrogen-bond donors (Lipinski definition) is 2. The molecule has 2 N–H and O–H groups in total. The predicted octanol–water partition coefficient (Wildman–Crippen LogP) is 0.994. The van der Waals surface area contributed by atoms with Crippen molar-refractivity contribution in [2.24, 2.45) is 0 Å². The van der Waals surface area contributed by atoms with Crippen molar-refractivity contribution in [3.05, 3.63) is 42.2 Å². The maximum absolute atomic E-state index is 12.0. The molecule has 6 nitrogen and oxygen atoms in total. The number of carbonyl (C=O) groups excluding carboxylic acids is 1. The van der Waals surface area contributed by atoms with Gasteiger partial charge in [-0.25, -0.2) is 0 Å². The summed E-state index contributed by atoms with van der Waals surface area (Å²) in [6, 6.07) is 8.16. The van der Waals surface area contributed by atoms with Crippen molar-refractivity contribution in [1.82, 2.24) is 20.3 Å². The Bertz CT molecular complexity index is 581. The van der Waals surface area contributed by atoms with Crippen LogP contribution in [0, 0.1) is 0 Å². The van der Waals surface area contributed by atoms with Gasteiger partial charge in [-0.3, -0.25) is 9.48 Å². The van der Waals surface area contributed by atoms with Crippen molar-refractivity contribution in [3.63, 3.8) is 0 Å². The van der Waals surface area contributed by atoms with Gasteiger partial charge >= 0.3 is 0 Å². The summed E-state index contributed by atoms with van der Waals surface area (Å²) in [6.07, 6.45) is 3.92. The maximum Gasteiger partial charge on any atom is 0.220 e. The number of hydrogen-bond acceptors (Lipinski definition) is 4. The lowest BCUT2D eigenvalue weighted by atomic mass is 9.98. The third-order valence-electron chi connectivity index (χ3n) is 3.51. The number of aromatic nitrogens is 3. The number of rotatable bonds is 5. The number of anilines is 1. The van der Waals surface area contributed by atoms with E-state index in [4.69, 9.17) is 0 Å². The zero-order valence-corrected chi connectivity index (χ0v) is 11.1. The molecule has 104 valence electrons. The van der Waals surface area contributed by atoms with E-state index in [2.05, 4.69) is 33.1 Å². The van der Waals surface area contributed by atoms with E-state index in [1.165, 1.54) is 5.56 Å². The standard InChI is InChI=1S/C14H17N5O/c20-14(15-5-7-19-8-6-17-18-19)9-11-10-16-13-4-2-1-3-12(11)13/h1-4,6,8,11,16H,5,7,9-10H2,(H,15,20). The molecular formula is C14H17N5O. The van der Waals surface area contributed by atoms with Crippen molar-refractivity contribution < 1.29 is 4.79 Å². The number of fused-ring (bicyclic) bond motifs is 1. The summed E-state index contributed by atoms with van der Waals surface area (Å²) in [5.74, 6) is 0.339. The number of benzene rings is 1. The van der Waals surface area contributed by atoms with Crippen molar-refractivity contribution in [2.75, 3.05) is 18.4 Å². The van der Waals surface area contributed by atoms with E-state index in [0.717, 1.165) is 12.2 Å². The molecule has 0 radical (unpaired) electrons. The lowest BCUT2D eigenvalue weighted by Crippen LogP contribution is -2.29. The Kier molecular flexibility index (Phi) is 3.62. The predicted molar refractivity (Wildman–Crippen MR) is 75.3 cm³/mol. The highest BCUT2D eigenvalue weighted by molar-refractivity contribution is 5.78. The lowest BCUT2D eigenvalue weighted by Gasteiger charge is -2.10. The highest BCUT2D eigenvalue weighted by Crippen LogP contribution is 2.32. The van der Waals surface area contributed by atoms with Crippen LogP contribution in [0.15, 0.2) is 36.7 Å². The Morgan fingerprint density at radius 1 is 1.45 bits per heavy atom. The summed E-state index contributed by atoms with van der Waals surface area (Å²) in [5.41, 5.74) is 2.38. The SMILES string of the molecule is O=C(CC1CNc2ccccc21)NCCn1ccnn1. The van der Waals surface area contributed by atoms with Gasteiger partial charge in [0, 0.05) is 37.3 Å². The first-order chi connectivity index (χ1) is 9.83. The molecule has 1 aromatic carbocycles. The van der Waals surface area contributed by atoms with Crippen LogP contribution in [0.25, 0.3) is 0 Å². The monoisotopic (exact) mass is 271 g/mol. The van der Waals surface area contributed by atoms with Gasteiger partial charge in [0.05, 0.1) is 12.7 Å². The summed E-state index contributed by atoms with van der Waals surface area (Å²) < 4.78 is 1.70. The lowest BCUT2D eigenvalue weighted by molar-refractivity contribution is -0.121. The van der Waals surface area contributed by atoms with Crippen LogP contribution in [0.5, 0.6) is 0 Å². The second kappa shape index (κ2) is 5.73.